The molecule has 0 radical (unpaired) electrons. The molecule has 0 saturated heterocycles. The standard InChI is InChI=1S/C10H11BrFNO3/c1-3-16-6-4-5(10(14)15-2)9(13)8(12)7(6)11/h4H,3,13H2,1-2H3. The van der Waals surface area contributed by atoms with E-state index in [2.05, 4.69) is 20.7 Å². The zero-order chi connectivity index (χ0) is 12.3. The molecule has 4 nitrogen and oxygen atoms in total. The van der Waals surface area contributed by atoms with Crippen LogP contribution in [-0.2, 0) is 4.74 Å². The van der Waals surface area contributed by atoms with Gasteiger partial charge in [0, 0.05) is 0 Å². The number of nitrogens with two attached hydrogens (primary N) is 1. The molecule has 0 aromatic heterocycles. The molecule has 0 saturated carbocycles. The van der Waals surface area contributed by atoms with E-state index in [0.717, 1.165) is 0 Å². The van der Waals surface area contributed by atoms with Crippen molar-refractivity contribution in [1.29, 1.82) is 0 Å². The highest BCUT2D eigenvalue weighted by Gasteiger charge is 2.20. The highest BCUT2D eigenvalue weighted by molar-refractivity contribution is 9.10. The van der Waals surface area contributed by atoms with Gasteiger partial charge < -0.3 is 15.2 Å². The van der Waals surface area contributed by atoms with Gasteiger partial charge in [-0.15, -0.1) is 0 Å². The topological polar surface area (TPSA) is 61.5 Å². The fraction of sp³-hybridized carbons (Fsp3) is 0.300. The maximum absolute atomic E-state index is 13.6. The van der Waals surface area contributed by atoms with Crippen molar-refractivity contribution in [3.8, 4) is 5.75 Å². The Bertz CT molecular complexity index is 423. The molecule has 0 aliphatic heterocycles. The van der Waals surface area contributed by atoms with Crippen molar-refractivity contribution in [2.45, 2.75) is 6.92 Å². The number of methoxy groups -OCH3 is 1. The largest absolute Gasteiger partial charge is 0.493 e. The minimum Gasteiger partial charge on any atom is -0.493 e. The van der Waals surface area contributed by atoms with Crippen LogP contribution in [-0.4, -0.2) is 19.7 Å². The molecule has 0 aliphatic carbocycles. The summed E-state index contributed by atoms with van der Waals surface area (Å²) in [5.41, 5.74) is 5.15. The SMILES string of the molecule is CCOc1cc(C(=O)OC)c(N)c(F)c1Br. The summed E-state index contributed by atoms with van der Waals surface area (Å²) in [6.07, 6.45) is 0. The van der Waals surface area contributed by atoms with Gasteiger partial charge in [0.1, 0.15) is 5.75 Å². The minimum absolute atomic E-state index is 0.0494. The molecule has 0 amide bonds. The van der Waals surface area contributed by atoms with Crippen molar-refractivity contribution in [1.82, 2.24) is 0 Å². The van der Waals surface area contributed by atoms with Crippen molar-refractivity contribution in [2.24, 2.45) is 0 Å². The van der Waals surface area contributed by atoms with Crippen molar-refractivity contribution < 1.29 is 18.7 Å². The maximum Gasteiger partial charge on any atom is 0.340 e. The molecule has 0 unspecified atom stereocenters. The summed E-state index contributed by atoms with van der Waals surface area (Å²) in [4.78, 5) is 11.3. The van der Waals surface area contributed by atoms with Gasteiger partial charge in [-0.3, -0.25) is 0 Å². The number of benzene rings is 1. The number of esters is 1. The Kier molecular flexibility index (Phi) is 4.12. The number of ether oxygens (including phenoxy) is 2. The Morgan fingerprint density at radius 3 is 2.75 bits per heavy atom. The van der Waals surface area contributed by atoms with Crippen molar-refractivity contribution in [2.75, 3.05) is 19.5 Å². The number of halogens is 2. The van der Waals surface area contributed by atoms with Gasteiger partial charge in [-0.1, -0.05) is 0 Å². The van der Waals surface area contributed by atoms with Gasteiger partial charge in [0.05, 0.1) is 29.4 Å². The molecule has 0 bridgehead atoms. The molecule has 0 atom stereocenters. The lowest BCUT2D eigenvalue weighted by molar-refractivity contribution is 0.0601. The van der Waals surface area contributed by atoms with Crippen LogP contribution in [0.5, 0.6) is 5.75 Å². The molecule has 0 spiro atoms. The molecule has 88 valence electrons. The Morgan fingerprint density at radius 1 is 1.62 bits per heavy atom. The lowest BCUT2D eigenvalue weighted by atomic mass is 10.1. The van der Waals surface area contributed by atoms with Crippen LogP contribution >= 0.6 is 15.9 Å². The van der Waals surface area contributed by atoms with Crippen LogP contribution in [0.1, 0.15) is 17.3 Å². The Balaban J connectivity index is 3.35. The van der Waals surface area contributed by atoms with Crippen LogP contribution in [0.4, 0.5) is 10.1 Å². The van der Waals surface area contributed by atoms with E-state index in [1.54, 1.807) is 6.92 Å². The number of nitrogen functional groups attached to an aromatic ring is 1. The van der Waals surface area contributed by atoms with Gasteiger partial charge in [0.15, 0.2) is 5.82 Å². The molecule has 1 aromatic rings. The van der Waals surface area contributed by atoms with Crippen LogP contribution in [0.3, 0.4) is 0 Å². The second kappa shape index (κ2) is 5.16. The fourth-order valence-electron chi connectivity index (χ4n) is 1.16. The van der Waals surface area contributed by atoms with E-state index in [0.29, 0.717) is 6.61 Å². The molecular weight excluding hydrogens is 281 g/mol. The Labute approximate surface area is 101 Å². The monoisotopic (exact) mass is 291 g/mol. The lowest BCUT2D eigenvalue weighted by Crippen LogP contribution is -2.09. The predicted molar refractivity (Wildman–Crippen MR) is 61.0 cm³/mol. The van der Waals surface area contributed by atoms with E-state index in [1.165, 1.54) is 13.2 Å². The first kappa shape index (κ1) is 12.8. The van der Waals surface area contributed by atoms with E-state index in [-0.39, 0.29) is 21.5 Å². The number of rotatable bonds is 3. The number of anilines is 1. The average Bonchev–Trinajstić information content (AvgIpc) is 2.29. The van der Waals surface area contributed by atoms with E-state index >= 15 is 0 Å². The predicted octanol–water partition coefficient (Wildman–Crippen LogP) is 2.36. The normalized spacial score (nSPS) is 10.0. The van der Waals surface area contributed by atoms with E-state index in [1.807, 2.05) is 0 Å². The summed E-state index contributed by atoms with van der Waals surface area (Å²) in [6.45, 7) is 2.10. The first-order valence-corrected chi connectivity index (χ1v) is 5.30. The smallest absolute Gasteiger partial charge is 0.340 e. The quantitative estimate of drug-likeness (QED) is 0.686. The van der Waals surface area contributed by atoms with Gasteiger partial charge in [-0.2, -0.15) is 0 Å². The number of carbonyl (C=O) groups excluding carboxylic acids is 1. The second-order valence-corrected chi connectivity index (χ2v) is 3.68. The van der Waals surface area contributed by atoms with E-state index in [4.69, 9.17) is 10.5 Å². The summed E-state index contributed by atoms with van der Waals surface area (Å²) in [5.74, 6) is -1.22. The third-order valence-corrected chi connectivity index (χ3v) is 2.66. The number of hydrogen-bond acceptors (Lipinski definition) is 4. The van der Waals surface area contributed by atoms with Gasteiger partial charge >= 0.3 is 5.97 Å². The molecule has 0 heterocycles. The summed E-state index contributed by atoms with van der Waals surface area (Å²) >= 11 is 3.01. The summed E-state index contributed by atoms with van der Waals surface area (Å²) in [5, 5.41) is 0. The van der Waals surface area contributed by atoms with Crippen LogP contribution in [0, 0.1) is 5.82 Å². The maximum atomic E-state index is 13.6. The number of hydrogen-bond donors (Lipinski definition) is 1. The highest BCUT2D eigenvalue weighted by atomic mass is 79.9. The van der Waals surface area contributed by atoms with Gasteiger partial charge in [0.2, 0.25) is 0 Å². The van der Waals surface area contributed by atoms with Gasteiger partial charge in [0.25, 0.3) is 0 Å². The molecule has 1 aromatic carbocycles. The highest BCUT2D eigenvalue weighted by Crippen LogP contribution is 2.34. The summed E-state index contributed by atoms with van der Waals surface area (Å²) in [7, 11) is 1.20. The third kappa shape index (κ3) is 2.27. The zero-order valence-corrected chi connectivity index (χ0v) is 10.4. The molecule has 0 aliphatic rings. The van der Waals surface area contributed by atoms with Crippen molar-refractivity contribution >= 4 is 27.6 Å². The van der Waals surface area contributed by atoms with Crippen LogP contribution in [0.25, 0.3) is 0 Å². The molecule has 2 N–H and O–H groups in total. The summed E-state index contributed by atoms with van der Waals surface area (Å²) < 4.78 is 23.4. The van der Waals surface area contributed by atoms with Crippen LogP contribution in [0.15, 0.2) is 10.5 Å². The van der Waals surface area contributed by atoms with Crippen molar-refractivity contribution in [3.63, 3.8) is 0 Å². The van der Waals surface area contributed by atoms with E-state index < -0.39 is 11.8 Å². The minimum atomic E-state index is -0.730. The lowest BCUT2D eigenvalue weighted by Gasteiger charge is -2.11. The van der Waals surface area contributed by atoms with Gasteiger partial charge in [-0.05, 0) is 28.9 Å². The van der Waals surface area contributed by atoms with Crippen LogP contribution in [0.2, 0.25) is 0 Å². The van der Waals surface area contributed by atoms with Gasteiger partial charge in [-0.25, -0.2) is 9.18 Å². The molecule has 6 heteroatoms. The molecule has 1 rings (SSSR count). The summed E-state index contributed by atoms with van der Waals surface area (Å²) in [6, 6.07) is 1.35. The third-order valence-electron chi connectivity index (χ3n) is 1.92. The second-order valence-electron chi connectivity index (χ2n) is 2.89. The zero-order valence-electron chi connectivity index (χ0n) is 8.84. The molecular formula is C10H11BrFNO3. The Morgan fingerprint density at radius 2 is 2.25 bits per heavy atom. The first-order chi connectivity index (χ1) is 7.52. The molecule has 16 heavy (non-hydrogen) atoms. The fourth-order valence-corrected chi connectivity index (χ4v) is 1.60. The number of carbonyl (C=O) groups is 1. The Hall–Kier alpha value is -1.30. The van der Waals surface area contributed by atoms with E-state index in [9.17, 15) is 9.18 Å². The molecule has 0 fully saturated rings. The average molecular weight is 292 g/mol. The van der Waals surface area contributed by atoms with Crippen molar-refractivity contribution in [3.05, 3.63) is 21.9 Å². The van der Waals surface area contributed by atoms with Crippen LogP contribution < -0.4 is 10.5 Å². The first-order valence-electron chi connectivity index (χ1n) is 4.51.